The maximum atomic E-state index is 9.69. The van der Waals surface area contributed by atoms with E-state index >= 15 is 0 Å². The Morgan fingerprint density at radius 1 is 1.35 bits per heavy atom. The minimum Gasteiger partial charge on any atom is -0.394 e. The van der Waals surface area contributed by atoms with Crippen molar-refractivity contribution in [3.8, 4) is 0 Å². The number of rotatable bonds is 5. The summed E-state index contributed by atoms with van der Waals surface area (Å²) in [5.74, 6) is 0. The van der Waals surface area contributed by atoms with Crippen LogP contribution < -0.4 is 10.2 Å². The molecule has 0 aliphatic carbocycles. The molecule has 1 unspecified atom stereocenters. The van der Waals surface area contributed by atoms with Crippen molar-refractivity contribution in [2.45, 2.75) is 45.2 Å². The highest BCUT2D eigenvalue weighted by Gasteiger charge is 2.23. The highest BCUT2D eigenvalue weighted by atomic mass is 35.5. The van der Waals surface area contributed by atoms with Crippen molar-refractivity contribution < 1.29 is 5.11 Å². The fourth-order valence-electron chi connectivity index (χ4n) is 2.93. The molecular formula is C16H25ClN2O. The standard InChI is InChI=1S/C16H25ClN2O/c1-2-18-11-14-15(17)8-6-9-16(14)19-10-5-3-4-7-13(19)12-20/h6,8-9,13,18,20H,2-5,7,10-12H2,1H3. The van der Waals surface area contributed by atoms with Crippen molar-refractivity contribution >= 4 is 17.3 Å². The van der Waals surface area contributed by atoms with Crippen LogP contribution in [0.4, 0.5) is 5.69 Å². The third kappa shape index (κ3) is 3.66. The third-order valence-electron chi connectivity index (χ3n) is 4.04. The predicted octanol–water partition coefficient (Wildman–Crippen LogP) is 3.19. The molecule has 1 aliphatic heterocycles. The van der Waals surface area contributed by atoms with Crippen LogP contribution in [-0.2, 0) is 6.54 Å². The quantitative estimate of drug-likeness (QED) is 0.876. The second kappa shape index (κ2) is 7.87. The Bertz CT molecular complexity index is 425. The first-order chi connectivity index (χ1) is 9.77. The van der Waals surface area contributed by atoms with Gasteiger partial charge in [-0.1, -0.05) is 37.4 Å². The van der Waals surface area contributed by atoms with Gasteiger partial charge >= 0.3 is 0 Å². The zero-order valence-corrected chi connectivity index (χ0v) is 13.0. The fourth-order valence-corrected chi connectivity index (χ4v) is 3.16. The maximum absolute atomic E-state index is 9.69. The van der Waals surface area contributed by atoms with Gasteiger partial charge in [0, 0.05) is 29.4 Å². The molecule has 1 saturated heterocycles. The molecule has 1 heterocycles. The molecule has 0 spiro atoms. The average Bonchev–Trinajstić information content (AvgIpc) is 2.70. The van der Waals surface area contributed by atoms with Crippen LogP contribution in [0.2, 0.25) is 5.02 Å². The molecule has 2 N–H and O–H groups in total. The minimum absolute atomic E-state index is 0.215. The van der Waals surface area contributed by atoms with Gasteiger partial charge in [0.25, 0.3) is 0 Å². The van der Waals surface area contributed by atoms with Gasteiger partial charge in [-0.2, -0.15) is 0 Å². The molecule has 1 aromatic rings. The van der Waals surface area contributed by atoms with Gasteiger partial charge < -0.3 is 15.3 Å². The van der Waals surface area contributed by atoms with Gasteiger partial charge in [0.2, 0.25) is 0 Å². The van der Waals surface area contributed by atoms with Crippen LogP contribution in [0.5, 0.6) is 0 Å². The Morgan fingerprint density at radius 3 is 2.95 bits per heavy atom. The zero-order chi connectivity index (χ0) is 14.4. The zero-order valence-electron chi connectivity index (χ0n) is 12.2. The highest BCUT2D eigenvalue weighted by Crippen LogP contribution is 2.31. The number of anilines is 1. The summed E-state index contributed by atoms with van der Waals surface area (Å²) in [5.41, 5.74) is 2.33. The molecule has 2 rings (SSSR count). The minimum atomic E-state index is 0.215. The Hall–Kier alpha value is -0.770. The van der Waals surface area contributed by atoms with Crippen molar-refractivity contribution in [3.63, 3.8) is 0 Å². The summed E-state index contributed by atoms with van der Waals surface area (Å²) in [6, 6.07) is 6.30. The molecule has 0 aromatic heterocycles. The summed E-state index contributed by atoms with van der Waals surface area (Å²) in [5, 5.41) is 13.9. The second-order valence-electron chi connectivity index (χ2n) is 5.40. The molecule has 112 valence electrons. The van der Waals surface area contributed by atoms with Crippen LogP contribution in [0, 0.1) is 0 Å². The van der Waals surface area contributed by atoms with E-state index in [-0.39, 0.29) is 12.6 Å². The lowest BCUT2D eigenvalue weighted by molar-refractivity contribution is 0.255. The molecular weight excluding hydrogens is 272 g/mol. The third-order valence-corrected chi connectivity index (χ3v) is 4.40. The van der Waals surface area contributed by atoms with Gasteiger partial charge in [0.05, 0.1) is 12.6 Å². The lowest BCUT2D eigenvalue weighted by Crippen LogP contribution is -2.38. The van der Waals surface area contributed by atoms with Crippen LogP contribution in [0.1, 0.15) is 38.2 Å². The number of aliphatic hydroxyl groups is 1. The second-order valence-corrected chi connectivity index (χ2v) is 5.80. The van der Waals surface area contributed by atoms with Crippen molar-refractivity contribution in [1.82, 2.24) is 5.32 Å². The van der Waals surface area contributed by atoms with Gasteiger partial charge in [-0.15, -0.1) is 0 Å². The van der Waals surface area contributed by atoms with Gasteiger partial charge in [-0.3, -0.25) is 0 Å². The number of benzene rings is 1. The van der Waals surface area contributed by atoms with Gasteiger partial charge in [0.1, 0.15) is 0 Å². The molecule has 20 heavy (non-hydrogen) atoms. The van der Waals surface area contributed by atoms with Crippen LogP contribution in [-0.4, -0.2) is 30.8 Å². The van der Waals surface area contributed by atoms with E-state index in [2.05, 4.69) is 23.2 Å². The Kier molecular flexibility index (Phi) is 6.14. The van der Waals surface area contributed by atoms with E-state index in [0.29, 0.717) is 0 Å². The number of halogens is 1. The van der Waals surface area contributed by atoms with E-state index in [1.807, 2.05) is 12.1 Å². The van der Waals surface area contributed by atoms with E-state index in [4.69, 9.17) is 11.6 Å². The number of hydrogen-bond acceptors (Lipinski definition) is 3. The van der Waals surface area contributed by atoms with E-state index < -0.39 is 0 Å². The summed E-state index contributed by atoms with van der Waals surface area (Å²) < 4.78 is 0. The topological polar surface area (TPSA) is 35.5 Å². The first kappa shape index (κ1) is 15.6. The average molecular weight is 297 g/mol. The molecule has 1 aromatic carbocycles. The summed E-state index contributed by atoms with van der Waals surface area (Å²) in [7, 11) is 0. The van der Waals surface area contributed by atoms with Crippen molar-refractivity contribution in [2.75, 3.05) is 24.6 Å². The SMILES string of the molecule is CCNCc1c(Cl)cccc1N1CCCCCC1CO. The number of nitrogens with one attached hydrogen (secondary N) is 1. The largest absolute Gasteiger partial charge is 0.394 e. The summed E-state index contributed by atoms with van der Waals surface area (Å²) in [4.78, 5) is 2.35. The van der Waals surface area contributed by atoms with Gasteiger partial charge in [-0.05, 0) is 31.5 Å². The highest BCUT2D eigenvalue weighted by molar-refractivity contribution is 6.31. The predicted molar refractivity (Wildman–Crippen MR) is 85.5 cm³/mol. The molecule has 1 atom stereocenters. The number of nitrogens with zero attached hydrogens (tertiary/aromatic N) is 1. The van der Waals surface area contributed by atoms with Gasteiger partial charge in [0.15, 0.2) is 0 Å². The maximum Gasteiger partial charge on any atom is 0.0635 e. The first-order valence-corrected chi connectivity index (χ1v) is 8.01. The molecule has 1 aliphatic rings. The van der Waals surface area contributed by atoms with Crippen LogP contribution in [0.25, 0.3) is 0 Å². The van der Waals surface area contributed by atoms with E-state index in [0.717, 1.165) is 36.6 Å². The van der Waals surface area contributed by atoms with Crippen LogP contribution in [0.3, 0.4) is 0 Å². The summed E-state index contributed by atoms with van der Waals surface area (Å²) in [6.45, 7) is 5.02. The number of hydrogen-bond donors (Lipinski definition) is 2. The molecule has 4 heteroatoms. The monoisotopic (exact) mass is 296 g/mol. The number of aliphatic hydroxyl groups excluding tert-OH is 1. The Labute approximate surface area is 126 Å². The first-order valence-electron chi connectivity index (χ1n) is 7.63. The summed E-state index contributed by atoms with van der Waals surface area (Å²) >= 11 is 6.39. The molecule has 0 bridgehead atoms. The molecule has 0 amide bonds. The van der Waals surface area contributed by atoms with E-state index in [9.17, 15) is 5.11 Å². The molecule has 1 fully saturated rings. The van der Waals surface area contributed by atoms with Crippen molar-refractivity contribution in [3.05, 3.63) is 28.8 Å². The smallest absolute Gasteiger partial charge is 0.0635 e. The van der Waals surface area contributed by atoms with Crippen LogP contribution >= 0.6 is 11.6 Å². The lowest BCUT2D eigenvalue weighted by Gasteiger charge is -2.33. The Balaban J connectivity index is 2.30. The normalized spacial score (nSPS) is 19.9. The molecule has 0 saturated carbocycles. The van der Waals surface area contributed by atoms with Gasteiger partial charge in [-0.25, -0.2) is 0 Å². The van der Waals surface area contributed by atoms with E-state index in [1.54, 1.807) is 0 Å². The Morgan fingerprint density at radius 2 is 2.20 bits per heavy atom. The van der Waals surface area contributed by atoms with E-state index in [1.165, 1.54) is 24.9 Å². The molecule has 3 nitrogen and oxygen atoms in total. The van der Waals surface area contributed by atoms with Crippen molar-refractivity contribution in [2.24, 2.45) is 0 Å². The summed E-state index contributed by atoms with van der Waals surface area (Å²) in [6.07, 6.45) is 4.69. The van der Waals surface area contributed by atoms with Crippen LogP contribution in [0.15, 0.2) is 18.2 Å². The fraction of sp³-hybridized carbons (Fsp3) is 0.625. The van der Waals surface area contributed by atoms with Crippen molar-refractivity contribution in [1.29, 1.82) is 0 Å². The molecule has 0 radical (unpaired) electrons. The lowest BCUT2D eigenvalue weighted by atomic mass is 10.1.